The normalized spacial score (nSPS) is 26.3. The Bertz CT molecular complexity index is 445. The first-order valence-corrected chi connectivity index (χ1v) is 9.31. The summed E-state index contributed by atoms with van der Waals surface area (Å²) < 4.78 is 0. The molecule has 0 spiro atoms. The Kier molecular flexibility index (Phi) is 5.57. The van der Waals surface area contributed by atoms with Crippen LogP contribution in [0.4, 0.5) is 0 Å². The van der Waals surface area contributed by atoms with Crippen molar-refractivity contribution >= 4 is 22.9 Å². The lowest BCUT2D eigenvalue weighted by Crippen LogP contribution is -2.48. The van der Waals surface area contributed by atoms with E-state index in [1.54, 1.807) is 11.3 Å². The van der Waals surface area contributed by atoms with E-state index in [0.29, 0.717) is 12.5 Å². The Hall–Kier alpha value is -0.130. The molecule has 1 atom stereocenters. The Morgan fingerprint density at radius 3 is 2.71 bits per heavy atom. The summed E-state index contributed by atoms with van der Waals surface area (Å²) in [5.74, 6) is 0.502. The molecular formula is C16H25ClN2OS. The van der Waals surface area contributed by atoms with Crippen molar-refractivity contribution in [3.8, 4) is 0 Å². The molecule has 2 aliphatic rings. The lowest BCUT2D eigenvalue weighted by Gasteiger charge is -2.42. The molecule has 1 aromatic heterocycles. The minimum Gasteiger partial charge on any atom is -0.396 e. The maximum atomic E-state index is 9.37. The van der Waals surface area contributed by atoms with Crippen molar-refractivity contribution in [3.05, 3.63) is 21.3 Å². The second-order valence-electron chi connectivity index (χ2n) is 6.38. The molecular weight excluding hydrogens is 304 g/mol. The smallest absolute Gasteiger partial charge is 0.0558 e. The molecule has 3 nitrogen and oxygen atoms in total. The minimum absolute atomic E-state index is 0.353. The first-order valence-electron chi connectivity index (χ1n) is 8.05. The van der Waals surface area contributed by atoms with Gasteiger partial charge in [-0.3, -0.25) is 9.80 Å². The van der Waals surface area contributed by atoms with Gasteiger partial charge in [0.25, 0.3) is 0 Å². The van der Waals surface area contributed by atoms with Crippen LogP contribution in [-0.2, 0) is 6.54 Å². The molecule has 2 saturated heterocycles. The average Bonchev–Trinajstić information content (AvgIpc) is 2.93. The number of hydrogen-bond donors (Lipinski definition) is 1. The summed E-state index contributed by atoms with van der Waals surface area (Å²) in [7, 11) is 0. The molecule has 1 N–H and O–H groups in total. The van der Waals surface area contributed by atoms with E-state index in [0.717, 1.165) is 24.2 Å². The third-order valence-corrected chi connectivity index (χ3v) is 6.31. The Morgan fingerprint density at radius 1 is 1.24 bits per heavy atom. The van der Waals surface area contributed by atoms with Crippen molar-refractivity contribution in [2.24, 2.45) is 5.92 Å². The topological polar surface area (TPSA) is 26.7 Å². The average molecular weight is 329 g/mol. The van der Waals surface area contributed by atoms with Crippen molar-refractivity contribution in [1.82, 2.24) is 9.80 Å². The Morgan fingerprint density at radius 2 is 2.05 bits per heavy atom. The predicted octanol–water partition coefficient (Wildman–Crippen LogP) is 3.07. The van der Waals surface area contributed by atoms with Gasteiger partial charge in [-0.05, 0) is 49.6 Å². The van der Waals surface area contributed by atoms with Crippen molar-refractivity contribution in [3.63, 3.8) is 0 Å². The molecule has 2 fully saturated rings. The minimum atomic E-state index is 0.353. The Balaban J connectivity index is 1.47. The second-order valence-corrected chi connectivity index (χ2v) is 7.79. The molecule has 1 aromatic rings. The summed E-state index contributed by atoms with van der Waals surface area (Å²) in [4.78, 5) is 6.45. The van der Waals surface area contributed by atoms with E-state index in [4.69, 9.17) is 11.6 Å². The van der Waals surface area contributed by atoms with Crippen molar-refractivity contribution < 1.29 is 5.11 Å². The van der Waals surface area contributed by atoms with E-state index in [1.807, 2.05) is 6.07 Å². The lowest BCUT2D eigenvalue weighted by molar-refractivity contribution is 0.0528. The summed E-state index contributed by atoms with van der Waals surface area (Å²) in [6.45, 7) is 6.00. The first kappa shape index (κ1) is 15.8. The molecule has 0 amide bonds. The van der Waals surface area contributed by atoms with Crippen LogP contribution in [0.5, 0.6) is 0 Å². The van der Waals surface area contributed by atoms with E-state index in [-0.39, 0.29) is 0 Å². The highest BCUT2D eigenvalue weighted by molar-refractivity contribution is 7.10. The fourth-order valence-corrected chi connectivity index (χ4v) is 4.80. The molecule has 2 aliphatic heterocycles. The van der Waals surface area contributed by atoms with E-state index in [2.05, 4.69) is 15.2 Å². The van der Waals surface area contributed by atoms with Crippen LogP contribution in [0.3, 0.4) is 0 Å². The maximum Gasteiger partial charge on any atom is 0.0558 e. The van der Waals surface area contributed by atoms with Gasteiger partial charge in [-0.1, -0.05) is 11.6 Å². The van der Waals surface area contributed by atoms with Gasteiger partial charge in [-0.15, -0.1) is 11.3 Å². The number of aliphatic hydroxyl groups is 1. The van der Waals surface area contributed by atoms with Gasteiger partial charge in [0.1, 0.15) is 0 Å². The number of hydrogen-bond acceptors (Lipinski definition) is 4. The van der Waals surface area contributed by atoms with Crippen molar-refractivity contribution in [1.29, 1.82) is 0 Å². The zero-order valence-electron chi connectivity index (χ0n) is 12.5. The molecule has 0 aliphatic carbocycles. The van der Waals surface area contributed by atoms with Crippen LogP contribution in [0.2, 0.25) is 5.02 Å². The fourth-order valence-electron chi connectivity index (χ4n) is 3.66. The van der Waals surface area contributed by atoms with Gasteiger partial charge in [0.2, 0.25) is 0 Å². The van der Waals surface area contributed by atoms with Crippen LogP contribution in [0.1, 0.15) is 30.6 Å². The number of halogens is 1. The highest BCUT2D eigenvalue weighted by Crippen LogP contribution is 2.27. The monoisotopic (exact) mass is 328 g/mol. The summed E-state index contributed by atoms with van der Waals surface area (Å²) in [5, 5.41) is 12.4. The van der Waals surface area contributed by atoms with Crippen LogP contribution in [0.25, 0.3) is 0 Å². The van der Waals surface area contributed by atoms with Crippen LogP contribution in [-0.4, -0.2) is 53.7 Å². The highest BCUT2D eigenvalue weighted by Gasteiger charge is 2.28. The van der Waals surface area contributed by atoms with Gasteiger partial charge in [-0.25, -0.2) is 0 Å². The number of rotatable bonds is 4. The van der Waals surface area contributed by atoms with E-state index < -0.39 is 0 Å². The Labute approximate surface area is 136 Å². The molecule has 118 valence electrons. The summed E-state index contributed by atoms with van der Waals surface area (Å²) >= 11 is 7.96. The van der Waals surface area contributed by atoms with Gasteiger partial charge in [0, 0.05) is 43.7 Å². The second kappa shape index (κ2) is 7.42. The molecule has 0 bridgehead atoms. The molecule has 21 heavy (non-hydrogen) atoms. The largest absolute Gasteiger partial charge is 0.396 e. The SMILES string of the molecule is OC[C@@H]1CCCN(C2CCN(Cc3sccc3Cl)CC2)C1. The quantitative estimate of drug-likeness (QED) is 0.920. The number of piperidine rings is 2. The molecule has 3 heterocycles. The third-order valence-electron chi connectivity index (χ3n) is 4.94. The number of likely N-dealkylation sites (tertiary alicyclic amines) is 2. The standard InChI is InChI=1S/C16H25ClN2OS/c17-15-5-9-21-16(15)11-18-7-3-14(4-8-18)19-6-1-2-13(10-19)12-20/h5,9,13-14,20H,1-4,6-8,10-12H2/t13-/m1/s1. The van der Waals surface area contributed by atoms with Crippen LogP contribution in [0, 0.1) is 5.92 Å². The molecule has 5 heteroatoms. The molecule has 0 aromatic carbocycles. The van der Waals surface area contributed by atoms with Crippen LogP contribution in [0.15, 0.2) is 11.4 Å². The first-order chi connectivity index (χ1) is 10.3. The van der Waals surface area contributed by atoms with Gasteiger partial charge < -0.3 is 5.11 Å². The zero-order valence-corrected chi connectivity index (χ0v) is 14.1. The van der Waals surface area contributed by atoms with Gasteiger partial charge in [-0.2, -0.15) is 0 Å². The lowest BCUT2D eigenvalue weighted by atomic mass is 9.94. The fraction of sp³-hybridized carbons (Fsp3) is 0.750. The summed E-state index contributed by atoms with van der Waals surface area (Å²) in [6, 6.07) is 2.71. The number of nitrogens with zero attached hydrogens (tertiary/aromatic N) is 2. The third kappa shape index (κ3) is 3.99. The summed E-state index contributed by atoms with van der Waals surface area (Å²) in [6.07, 6.45) is 4.95. The van der Waals surface area contributed by atoms with E-state index in [1.165, 1.54) is 50.2 Å². The van der Waals surface area contributed by atoms with Crippen LogP contribution < -0.4 is 0 Å². The maximum absolute atomic E-state index is 9.37. The van der Waals surface area contributed by atoms with Gasteiger partial charge in [0.05, 0.1) is 5.02 Å². The summed E-state index contributed by atoms with van der Waals surface area (Å²) in [5.41, 5.74) is 0. The zero-order chi connectivity index (χ0) is 14.7. The molecule has 3 rings (SSSR count). The molecule has 0 radical (unpaired) electrons. The highest BCUT2D eigenvalue weighted by atomic mass is 35.5. The molecule has 0 saturated carbocycles. The van der Waals surface area contributed by atoms with Gasteiger partial charge >= 0.3 is 0 Å². The van der Waals surface area contributed by atoms with Crippen molar-refractivity contribution in [2.75, 3.05) is 32.8 Å². The van der Waals surface area contributed by atoms with Crippen molar-refractivity contribution in [2.45, 2.75) is 38.3 Å². The number of aliphatic hydroxyl groups excluding tert-OH is 1. The van der Waals surface area contributed by atoms with E-state index in [9.17, 15) is 5.11 Å². The van der Waals surface area contributed by atoms with Crippen LogP contribution >= 0.6 is 22.9 Å². The number of thiophene rings is 1. The molecule has 0 unspecified atom stereocenters. The van der Waals surface area contributed by atoms with Gasteiger partial charge in [0.15, 0.2) is 0 Å². The van der Waals surface area contributed by atoms with E-state index >= 15 is 0 Å². The predicted molar refractivity (Wildman–Crippen MR) is 89.0 cm³/mol.